The molecule has 0 unspecified atom stereocenters. The molecule has 2 heterocycles. The van der Waals surface area contributed by atoms with Crippen LogP contribution in [-0.2, 0) is 4.79 Å². The lowest BCUT2D eigenvalue weighted by atomic mass is 10.2. The first-order valence-electron chi connectivity index (χ1n) is 8.42. The van der Waals surface area contributed by atoms with E-state index in [1.807, 2.05) is 18.2 Å². The van der Waals surface area contributed by atoms with Crippen LogP contribution in [0.3, 0.4) is 0 Å². The molecule has 0 saturated heterocycles. The number of amides is 1. The fourth-order valence-electron chi connectivity index (χ4n) is 2.67. The Labute approximate surface area is 161 Å². The number of ether oxygens (including phenoxy) is 2. The third-order valence-electron chi connectivity index (χ3n) is 3.96. The van der Waals surface area contributed by atoms with E-state index in [-0.39, 0.29) is 5.91 Å². The molecule has 0 fully saturated rings. The van der Waals surface area contributed by atoms with Gasteiger partial charge in [-0.1, -0.05) is 11.6 Å². The molecule has 1 aromatic heterocycles. The molecule has 0 spiro atoms. The van der Waals surface area contributed by atoms with Gasteiger partial charge in [-0.05, 0) is 54.6 Å². The summed E-state index contributed by atoms with van der Waals surface area (Å²) < 4.78 is 16.7. The maximum atomic E-state index is 12.1. The van der Waals surface area contributed by atoms with Crippen molar-refractivity contribution in [2.75, 3.05) is 18.5 Å². The monoisotopic (exact) mass is 381 g/mol. The molecule has 27 heavy (non-hydrogen) atoms. The zero-order valence-electron chi connectivity index (χ0n) is 14.3. The van der Waals surface area contributed by atoms with E-state index in [4.69, 9.17) is 25.5 Å². The van der Waals surface area contributed by atoms with E-state index in [1.54, 1.807) is 42.5 Å². The third-order valence-corrected chi connectivity index (χ3v) is 4.22. The highest BCUT2D eigenvalue weighted by molar-refractivity contribution is 6.30. The minimum absolute atomic E-state index is 0.267. The fourth-order valence-corrected chi connectivity index (χ4v) is 2.80. The van der Waals surface area contributed by atoms with Gasteiger partial charge in [0.25, 0.3) is 0 Å². The van der Waals surface area contributed by atoms with E-state index in [0.717, 1.165) is 5.56 Å². The Bertz CT molecular complexity index is 992. The molecular formula is C21H16ClNO4. The topological polar surface area (TPSA) is 60.7 Å². The van der Waals surface area contributed by atoms with Crippen molar-refractivity contribution in [3.05, 3.63) is 71.5 Å². The van der Waals surface area contributed by atoms with Gasteiger partial charge < -0.3 is 19.2 Å². The maximum absolute atomic E-state index is 12.1. The van der Waals surface area contributed by atoms with Crippen LogP contribution in [0.4, 0.5) is 5.69 Å². The highest BCUT2D eigenvalue weighted by Crippen LogP contribution is 2.32. The van der Waals surface area contributed by atoms with Gasteiger partial charge in [-0.15, -0.1) is 0 Å². The van der Waals surface area contributed by atoms with Crippen LogP contribution in [0.2, 0.25) is 5.02 Å². The van der Waals surface area contributed by atoms with Crippen LogP contribution in [-0.4, -0.2) is 19.1 Å². The number of rotatable bonds is 4. The van der Waals surface area contributed by atoms with Crippen LogP contribution in [0.25, 0.3) is 17.4 Å². The molecule has 0 radical (unpaired) electrons. The Hall–Kier alpha value is -3.18. The lowest BCUT2D eigenvalue weighted by Crippen LogP contribution is -2.16. The molecular weight excluding hydrogens is 366 g/mol. The van der Waals surface area contributed by atoms with Gasteiger partial charge in [0, 0.05) is 28.4 Å². The zero-order valence-corrected chi connectivity index (χ0v) is 15.0. The highest BCUT2D eigenvalue weighted by atomic mass is 35.5. The summed E-state index contributed by atoms with van der Waals surface area (Å²) in [6.45, 7) is 1.03. The van der Waals surface area contributed by atoms with Crippen molar-refractivity contribution in [2.24, 2.45) is 0 Å². The lowest BCUT2D eigenvalue weighted by Gasteiger charge is -2.18. The van der Waals surface area contributed by atoms with Crippen molar-refractivity contribution < 1.29 is 18.7 Å². The van der Waals surface area contributed by atoms with Crippen molar-refractivity contribution >= 4 is 29.3 Å². The molecule has 2 aromatic carbocycles. The molecule has 0 aliphatic carbocycles. The summed E-state index contributed by atoms with van der Waals surface area (Å²) in [5.74, 6) is 2.33. The van der Waals surface area contributed by atoms with Crippen LogP contribution >= 0.6 is 11.6 Å². The van der Waals surface area contributed by atoms with Crippen LogP contribution < -0.4 is 14.8 Å². The predicted octanol–water partition coefficient (Wildman–Crippen LogP) is 5.02. The highest BCUT2D eigenvalue weighted by Gasteiger charge is 2.12. The molecule has 0 atom stereocenters. The van der Waals surface area contributed by atoms with E-state index in [0.29, 0.717) is 46.9 Å². The van der Waals surface area contributed by atoms with Gasteiger partial charge in [-0.25, -0.2) is 0 Å². The molecule has 0 bridgehead atoms. The summed E-state index contributed by atoms with van der Waals surface area (Å²) in [7, 11) is 0. The average molecular weight is 382 g/mol. The SMILES string of the molecule is O=C(/C=C/c1ccc(-c2ccc(Cl)cc2)o1)Nc1ccc2c(c1)OCCO2. The van der Waals surface area contributed by atoms with Crippen LogP contribution in [0.5, 0.6) is 11.5 Å². The number of anilines is 1. The summed E-state index contributed by atoms with van der Waals surface area (Å²) in [5, 5.41) is 3.46. The number of hydrogen-bond acceptors (Lipinski definition) is 4. The van der Waals surface area contributed by atoms with Gasteiger partial charge in [0.1, 0.15) is 24.7 Å². The second kappa shape index (κ2) is 7.60. The quantitative estimate of drug-likeness (QED) is 0.644. The van der Waals surface area contributed by atoms with Crippen LogP contribution in [0.1, 0.15) is 5.76 Å². The van der Waals surface area contributed by atoms with Gasteiger partial charge in [-0.3, -0.25) is 4.79 Å². The number of furan rings is 1. The third kappa shape index (κ3) is 4.15. The minimum Gasteiger partial charge on any atom is -0.486 e. The molecule has 0 saturated carbocycles. The molecule has 3 aromatic rings. The van der Waals surface area contributed by atoms with Crippen molar-refractivity contribution in [1.82, 2.24) is 0 Å². The van der Waals surface area contributed by atoms with E-state index in [1.165, 1.54) is 6.08 Å². The molecule has 1 amide bonds. The van der Waals surface area contributed by atoms with Crippen LogP contribution in [0.15, 0.2) is 65.1 Å². The van der Waals surface area contributed by atoms with Gasteiger partial charge in [0.05, 0.1) is 0 Å². The van der Waals surface area contributed by atoms with Gasteiger partial charge in [-0.2, -0.15) is 0 Å². The number of fused-ring (bicyclic) bond motifs is 1. The first-order valence-corrected chi connectivity index (χ1v) is 8.80. The Kier molecular flexibility index (Phi) is 4.85. The van der Waals surface area contributed by atoms with Gasteiger partial charge in [0.15, 0.2) is 11.5 Å². The van der Waals surface area contributed by atoms with Gasteiger partial charge in [0.2, 0.25) is 5.91 Å². The smallest absolute Gasteiger partial charge is 0.248 e. The van der Waals surface area contributed by atoms with E-state index in [2.05, 4.69) is 5.32 Å². The zero-order chi connectivity index (χ0) is 18.6. The first-order chi connectivity index (χ1) is 13.2. The molecule has 136 valence electrons. The minimum atomic E-state index is -0.267. The number of benzene rings is 2. The lowest BCUT2D eigenvalue weighted by molar-refractivity contribution is -0.111. The van der Waals surface area contributed by atoms with Crippen LogP contribution in [0, 0.1) is 0 Å². The Morgan fingerprint density at radius 3 is 2.56 bits per heavy atom. The first kappa shape index (κ1) is 17.2. The molecule has 1 N–H and O–H groups in total. The number of halogens is 1. The van der Waals surface area contributed by atoms with Gasteiger partial charge >= 0.3 is 0 Å². The second-order valence-electron chi connectivity index (χ2n) is 5.89. The largest absolute Gasteiger partial charge is 0.486 e. The molecule has 6 heteroatoms. The predicted molar refractivity (Wildman–Crippen MR) is 104 cm³/mol. The molecule has 5 nitrogen and oxygen atoms in total. The fraction of sp³-hybridized carbons (Fsp3) is 0.0952. The Balaban J connectivity index is 1.41. The standard InChI is InChI=1S/C21H16ClNO4/c22-15-3-1-14(2-4-15)18-9-6-17(27-18)7-10-21(24)23-16-5-8-19-20(13-16)26-12-11-25-19/h1-10,13H,11-12H2,(H,23,24)/b10-7+. The average Bonchev–Trinajstić information content (AvgIpc) is 3.16. The Morgan fingerprint density at radius 2 is 1.74 bits per heavy atom. The number of carbonyl (C=O) groups is 1. The molecule has 1 aliphatic heterocycles. The summed E-state index contributed by atoms with van der Waals surface area (Å²) in [6, 6.07) is 16.3. The van der Waals surface area contributed by atoms with Crippen molar-refractivity contribution in [1.29, 1.82) is 0 Å². The number of hydrogen-bond donors (Lipinski definition) is 1. The van der Waals surface area contributed by atoms with E-state index in [9.17, 15) is 4.79 Å². The molecule has 4 rings (SSSR count). The number of nitrogens with one attached hydrogen (secondary N) is 1. The summed E-state index contributed by atoms with van der Waals surface area (Å²) in [5.41, 5.74) is 1.55. The number of carbonyl (C=O) groups excluding carboxylic acids is 1. The van der Waals surface area contributed by atoms with Crippen molar-refractivity contribution in [3.8, 4) is 22.8 Å². The second-order valence-corrected chi connectivity index (χ2v) is 6.33. The summed E-state index contributed by atoms with van der Waals surface area (Å²) in [4.78, 5) is 12.1. The maximum Gasteiger partial charge on any atom is 0.248 e. The summed E-state index contributed by atoms with van der Waals surface area (Å²) in [6.07, 6.45) is 3.04. The summed E-state index contributed by atoms with van der Waals surface area (Å²) >= 11 is 5.89. The van der Waals surface area contributed by atoms with E-state index >= 15 is 0 Å². The Morgan fingerprint density at radius 1 is 0.963 bits per heavy atom. The van der Waals surface area contributed by atoms with Crippen molar-refractivity contribution in [2.45, 2.75) is 0 Å². The van der Waals surface area contributed by atoms with E-state index < -0.39 is 0 Å². The van der Waals surface area contributed by atoms with Crippen molar-refractivity contribution in [3.63, 3.8) is 0 Å². The molecule has 1 aliphatic rings. The normalized spacial score (nSPS) is 12.9.